The van der Waals surface area contributed by atoms with Gasteiger partial charge in [-0.15, -0.1) is 0 Å². The van der Waals surface area contributed by atoms with Crippen LogP contribution in [0.25, 0.3) is 11.1 Å². The van der Waals surface area contributed by atoms with Crippen molar-refractivity contribution in [3.8, 4) is 11.1 Å². The van der Waals surface area contributed by atoms with Gasteiger partial charge in [-0.3, -0.25) is 9.59 Å². The lowest BCUT2D eigenvalue weighted by atomic mass is 9.91. The van der Waals surface area contributed by atoms with E-state index in [9.17, 15) is 31.5 Å². The highest BCUT2D eigenvalue weighted by molar-refractivity contribution is 5.88. The van der Waals surface area contributed by atoms with Gasteiger partial charge in [0.1, 0.15) is 5.78 Å². The van der Waals surface area contributed by atoms with Crippen molar-refractivity contribution in [1.29, 1.82) is 0 Å². The first-order chi connectivity index (χ1) is 16.5. The van der Waals surface area contributed by atoms with Crippen molar-refractivity contribution in [3.63, 3.8) is 0 Å². The predicted molar refractivity (Wildman–Crippen MR) is 121 cm³/mol. The van der Waals surface area contributed by atoms with Crippen LogP contribution in [0.2, 0.25) is 0 Å². The topological polar surface area (TPSA) is 46.2 Å². The van der Waals surface area contributed by atoms with Gasteiger partial charge in [-0.25, -0.2) is 0 Å². The van der Waals surface area contributed by atoms with Crippen LogP contribution < -0.4 is 5.32 Å². The molecule has 3 aromatic carbocycles. The molecule has 1 saturated carbocycles. The van der Waals surface area contributed by atoms with Crippen LogP contribution in [0.3, 0.4) is 0 Å². The fourth-order valence-corrected chi connectivity index (χ4v) is 3.83. The number of rotatable bonds is 8. The van der Waals surface area contributed by atoms with Crippen molar-refractivity contribution in [2.24, 2.45) is 0 Å². The van der Waals surface area contributed by atoms with E-state index in [0.29, 0.717) is 24.0 Å². The van der Waals surface area contributed by atoms with Crippen LogP contribution in [-0.2, 0) is 34.5 Å². The number of Topliss-reactive ketones (excluding diaryl/α,β-unsaturated/α-hetero) is 1. The molecule has 1 N–H and O–H groups in total. The summed E-state index contributed by atoms with van der Waals surface area (Å²) in [5.41, 5.74) is 0.256. The number of hydrogen-bond acceptors (Lipinski definition) is 2. The molecule has 0 saturated heterocycles. The zero-order valence-corrected chi connectivity index (χ0v) is 18.5. The monoisotopic (exact) mass is 487 g/mol. The summed E-state index contributed by atoms with van der Waals surface area (Å²) < 4.78 is 68.8. The van der Waals surface area contributed by atoms with Crippen LogP contribution in [0.4, 0.5) is 22.0 Å². The average molecular weight is 487 g/mol. The van der Waals surface area contributed by atoms with Crippen molar-refractivity contribution in [1.82, 2.24) is 5.32 Å². The Kier molecular flexibility index (Phi) is 6.74. The molecule has 1 aliphatic rings. The molecular formula is C27H22F5NO2. The molecule has 1 fully saturated rings. The molecule has 0 bridgehead atoms. The number of benzene rings is 3. The second-order valence-corrected chi connectivity index (χ2v) is 8.65. The molecule has 0 atom stereocenters. The molecule has 3 aromatic rings. The summed E-state index contributed by atoms with van der Waals surface area (Å²) >= 11 is 0. The third kappa shape index (κ3) is 5.93. The van der Waals surface area contributed by atoms with Gasteiger partial charge in [0.15, 0.2) is 0 Å². The molecule has 3 nitrogen and oxygen atoms in total. The van der Waals surface area contributed by atoms with Gasteiger partial charge in [-0.2, -0.15) is 22.0 Å². The van der Waals surface area contributed by atoms with Gasteiger partial charge in [-0.05, 0) is 47.2 Å². The van der Waals surface area contributed by atoms with Crippen molar-refractivity contribution < 1.29 is 31.5 Å². The first kappa shape index (κ1) is 24.6. The van der Waals surface area contributed by atoms with Crippen molar-refractivity contribution >= 4 is 11.7 Å². The highest BCUT2D eigenvalue weighted by atomic mass is 19.4. The fraction of sp³-hybridized carbons (Fsp3) is 0.259. The van der Waals surface area contributed by atoms with E-state index in [1.807, 2.05) is 0 Å². The maximum Gasteiger partial charge on any atom is 0.416 e. The van der Waals surface area contributed by atoms with Crippen LogP contribution >= 0.6 is 0 Å². The molecule has 1 amide bonds. The minimum Gasteiger partial charge on any atom is -0.348 e. The number of carbonyl (C=O) groups is 2. The van der Waals surface area contributed by atoms with Gasteiger partial charge in [0.2, 0.25) is 0 Å². The third-order valence-electron chi connectivity index (χ3n) is 5.79. The Balaban J connectivity index is 1.63. The van der Waals surface area contributed by atoms with Crippen LogP contribution in [0, 0.1) is 0 Å². The van der Waals surface area contributed by atoms with Crippen molar-refractivity contribution in [2.45, 2.75) is 43.8 Å². The SMILES string of the molecule is O=C(Cc1cccc(C(F)(F)F)c1)Cc1cc(C(F)(F)C(=O)NC2CC2)ccc1-c1ccccc1. The molecule has 0 aromatic heterocycles. The molecule has 0 spiro atoms. The lowest BCUT2D eigenvalue weighted by molar-refractivity contribution is -0.147. The van der Waals surface area contributed by atoms with E-state index in [4.69, 9.17) is 0 Å². The molecule has 8 heteroatoms. The third-order valence-corrected chi connectivity index (χ3v) is 5.79. The van der Waals surface area contributed by atoms with Crippen molar-refractivity contribution in [2.75, 3.05) is 0 Å². The first-order valence-corrected chi connectivity index (χ1v) is 11.1. The van der Waals surface area contributed by atoms with Crippen LogP contribution in [-0.4, -0.2) is 17.7 Å². The molecule has 0 aliphatic heterocycles. The molecule has 4 rings (SSSR count). The Labute approximate surface area is 199 Å². The minimum absolute atomic E-state index is 0.177. The van der Waals surface area contributed by atoms with Gasteiger partial charge in [0.05, 0.1) is 5.56 Å². The minimum atomic E-state index is -4.54. The molecule has 35 heavy (non-hydrogen) atoms. The van der Waals surface area contributed by atoms with Crippen molar-refractivity contribution in [3.05, 3.63) is 95.1 Å². The van der Waals surface area contributed by atoms with E-state index >= 15 is 0 Å². The maximum absolute atomic E-state index is 14.9. The second-order valence-electron chi connectivity index (χ2n) is 8.65. The number of hydrogen-bond donors (Lipinski definition) is 1. The Bertz CT molecular complexity index is 1230. The summed E-state index contributed by atoms with van der Waals surface area (Å²) in [4.78, 5) is 25.0. The summed E-state index contributed by atoms with van der Waals surface area (Å²) in [5.74, 6) is -5.63. The Morgan fingerprint density at radius 3 is 2.17 bits per heavy atom. The standard InChI is InChI=1S/C27H22F5NO2/c28-26(29,25(35)33-22-10-11-22)20-9-12-24(18-6-2-1-3-7-18)19(15-20)16-23(34)14-17-5-4-8-21(13-17)27(30,31)32/h1-9,12-13,15,22H,10-11,14,16H2,(H,33,35). The number of alkyl halides is 5. The fourth-order valence-electron chi connectivity index (χ4n) is 3.83. The highest BCUT2D eigenvalue weighted by Gasteiger charge is 2.43. The van der Waals surface area contributed by atoms with Gasteiger partial charge >= 0.3 is 12.1 Å². The number of carbonyl (C=O) groups excluding carboxylic acids is 2. The van der Waals surface area contributed by atoms with E-state index in [-0.39, 0.29) is 30.0 Å². The lowest BCUT2D eigenvalue weighted by Gasteiger charge is -2.19. The number of halogens is 5. The van der Waals surface area contributed by atoms with Gasteiger partial charge < -0.3 is 5.32 Å². The Morgan fingerprint density at radius 2 is 1.51 bits per heavy atom. The van der Waals surface area contributed by atoms with E-state index < -0.39 is 34.9 Å². The average Bonchev–Trinajstić information content (AvgIpc) is 3.63. The predicted octanol–water partition coefficient (Wildman–Crippen LogP) is 6.10. The smallest absolute Gasteiger partial charge is 0.348 e. The number of amides is 1. The maximum atomic E-state index is 14.9. The zero-order chi connectivity index (χ0) is 25.2. The second kappa shape index (κ2) is 9.60. The van der Waals surface area contributed by atoms with E-state index in [2.05, 4.69) is 5.32 Å². The molecule has 0 radical (unpaired) electrons. The van der Waals surface area contributed by atoms with E-state index in [0.717, 1.165) is 24.3 Å². The van der Waals surface area contributed by atoms with Crippen LogP contribution in [0.1, 0.15) is 35.1 Å². The largest absolute Gasteiger partial charge is 0.416 e. The van der Waals surface area contributed by atoms with E-state index in [1.165, 1.54) is 18.2 Å². The number of nitrogens with one attached hydrogen (secondary N) is 1. The van der Waals surface area contributed by atoms with Crippen LogP contribution in [0.5, 0.6) is 0 Å². The zero-order valence-electron chi connectivity index (χ0n) is 18.5. The highest BCUT2D eigenvalue weighted by Crippen LogP contribution is 2.35. The summed E-state index contributed by atoms with van der Waals surface area (Å²) in [6.07, 6.45) is -3.80. The molecule has 0 heterocycles. The lowest BCUT2D eigenvalue weighted by Crippen LogP contribution is -2.39. The summed E-state index contributed by atoms with van der Waals surface area (Å²) in [6.45, 7) is 0. The van der Waals surface area contributed by atoms with E-state index in [1.54, 1.807) is 30.3 Å². The van der Waals surface area contributed by atoms with Gasteiger partial charge in [-0.1, -0.05) is 60.7 Å². The summed E-state index contributed by atoms with van der Waals surface area (Å²) in [7, 11) is 0. The quantitative estimate of drug-likeness (QED) is 0.391. The number of ketones is 1. The summed E-state index contributed by atoms with van der Waals surface area (Å²) in [5, 5.41) is 2.30. The normalized spacial score (nSPS) is 14.0. The van der Waals surface area contributed by atoms with Gasteiger partial charge in [0, 0.05) is 24.4 Å². The van der Waals surface area contributed by atoms with Gasteiger partial charge in [0.25, 0.3) is 5.91 Å². The molecule has 0 unspecified atom stereocenters. The molecular weight excluding hydrogens is 465 g/mol. The Morgan fingerprint density at radius 1 is 0.800 bits per heavy atom. The van der Waals surface area contributed by atoms with Crippen LogP contribution in [0.15, 0.2) is 72.8 Å². The first-order valence-electron chi connectivity index (χ1n) is 11.1. The Hall–Kier alpha value is -3.55. The summed E-state index contributed by atoms with van der Waals surface area (Å²) in [6, 6.07) is 16.8. The molecule has 182 valence electrons. The molecule has 1 aliphatic carbocycles.